The van der Waals surface area contributed by atoms with Crippen LogP contribution in [0.15, 0.2) is 6.33 Å². The molecular weight excluding hydrogens is 270 g/mol. The van der Waals surface area contributed by atoms with Gasteiger partial charge in [0.05, 0.1) is 12.2 Å². The number of aliphatic carboxylic acids is 1. The Morgan fingerprint density at radius 2 is 2.14 bits per heavy atom. The number of carbonyl (C=O) groups is 1. The lowest BCUT2D eigenvalue weighted by molar-refractivity contribution is -0.137. The Bertz CT molecular complexity index is 452. The average Bonchev–Trinajstić information content (AvgIpc) is 2.46. The molecule has 1 rings (SSSR count). The second-order valence-electron chi connectivity index (χ2n) is 5.01. The maximum Gasteiger partial charge on any atom is 0.303 e. The lowest BCUT2D eigenvalue weighted by Gasteiger charge is -2.15. The summed E-state index contributed by atoms with van der Waals surface area (Å²) in [7, 11) is 0. The summed E-state index contributed by atoms with van der Waals surface area (Å²) in [6, 6.07) is 0. The van der Waals surface area contributed by atoms with Crippen molar-refractivity contribution in [1.29, 1.82) is 0 Å². The first-order valence-electron chi connectivity index (χ1n) is 7.48. The molecule has 0 radical (unpaired) electrons. The molecule has 118 valence electrons. The molecule has 2 N–H and O–H groups in total. The molecule has 0 saturated heterocycles. The van der Waals surface area contributed by atoms with Gasteiger partial charge >= 0.3 is 5.97 Å². The quantitative estimate of drug-likeness (QED) is 0.690. The van der Waals surface area contributed by atoms with Crippen molar-refractivity contribution in [2.24, 2.45) is 5.92 Å². The van der Waals surface area contributed by atoms with E-state index < -0.39 is 5.97 Å². The molecule has 1 aromatic rings. The van der Waals surface area contributed by atoms with Crippen molar-refractivity contribution in [3.63, 3.8) is 0 Å². The predicted molar refractivity (Wildman–Crippen MR) is 81.7 cm³/mol. The van der Waals surface area contributed by atoms with Gasteiger partial charge in [-0.1, -0.05) is 13.3 Å². The Kier molecular flexibility index (Phi) is 7.50. The lowest BCUT2D eigenvalue weighted by atomic mass is 9.96. The molecule has 1 atom stereocenters. The molecule has 6 nitrogen and oxygen atoms in total. The minimum absolute atomic E-state index is 0.236. The van der Waals surface area contributed by atoms with Crippen LogP contribution in [0.4, 0.5) is 5.82 Å². The fourth-order valence-electron chi connectivity index (χ4n) is 2.17. The topological polar surface area (TPSA) is 84.3 Å². The van der Waals surface area contributed by atoms with E-state index in [0.29, 0.717) is 18.4 Å². The molecule has 0 spiro atoms. The first kappa shape index (κ1) is 17.2. The zero-order valence-electron chi connectivity index (χ0n) is 13.1. The number of hydrogen-bond acceptors (Lipinski definition) is 5. The van der Waals surface area contributed by atoms with Gasteiger partial charge in [-0.2, -0.15) is 0 Å². The van der Waals surface area contributed by atoms with Gasteiger partial charge in [0.15, 0.2) is 0 Å². The van der Waals surface area contributed by atoms with Crippen LogP contribution in [-0.4, -0.2) is 34.2 Å². The van der Waals surface area contributed by atoms with Crippen LogP contribution in [-0.2, 0) is 4.79 Å². The number of nitrogens with one attached hydrogen (secondary N) is 1. The van der Waals surface area contributed by atoms with E-state index in [0.717, 1.165) is 37.2 Å². The monoisotopic (exact) mass is 295 g/mol. The molecule has 1 unspecified atom stereocenters. The maximum atomic E-state index is 10.6. The van der Waals surface area contributed by atoms with E-state index in [4.69, 9.17) is 9.84 Å². The van der Waals surface area contributed by atoms with Gasteiger partial charge in [-0.3, -0.25) is 4.79 Å². The summed E-state index contributed by atoms with van der Waals surface area (Å²) < 4.78 is 5.43. The summed E-state index contributed by atoms with van der Waals surface area (Å²) in [5.41, 5.74) is 0.901. The average molecular weight is 295 g/mol. The van der Waals surface area contributed by atoms with E-state index in [9.17, 15) is 4.79 Å². The molecule has 0 amide bonds. The van der Waals surface area contributed by atoms with Crippen LogP contribution >= 0.6 is 0 Å². The first-order chi connectivity index (χ1) is 10.1. The van der Waals surface area contributed by atoms with E-state index in [1.165, 1.54) is 6.33 Å². The molecule has 0 bridgehead atoms. The molecule has 0 saturated carbocycles. The van der Waals surface area contributed by atoms with Gasteiger partial charge in [0.1, 0.15) is 12.1 Å². The highest BCUT2D eigenvalue weighted by Crippen LogP contribution is 2.21. The van der Waals surface area contributed by atoms with Crippen molar-refractivity contribution in [1.82, 2.24) is 9.97 Å². The number of carboxylic acid groups (broad SMARTS) is 1. The third kappa shape index (κ3) is 5.97. The number of hydrogen-bond donors (Lipinski definition) is 2. The number of anilines is 1. The van der Waals surface area contributed by atoms with E-state index in [2.05, 4.69) is 22.2 Å². The van der Waals surface area contributed by atoms with Crippen molar-refractivity contribution in [3.8, 4) is 5.88 Å². The van der Waals surface area contributed by atoms with Gasteiger partial charge in [0.2, 0.25) is 5.88 Å². The zero-order chi connectivity index (χ0) is 15.7. The summed E-state index contributed by atoms with van der Waals surface area (Å²) in [5.74, 6) is 1.07. The lowest BCUT2D eigenvalue weighted by Crippen LogP contribution is -2.12. The second-order valence-corrected chi connectivity index (χ2v) is 5.01. The molecule has 0 aromatic carbocycles. The van der Waals surface area contributed by atoms with Crippen molar-refractivity contribution < 1.29 is 14.6 Å². The van der Waals surface area contributed by atoms with Crippen molar-refractivity contribution in [2.45, 2.75) is 46.5 Å². The van der Waals surface area contributed by atoms with Crippen LogP contribution in [0.5, 0.6) is 5.88 Å². The molecule has 0 aliphatic heterocycles. The van der Waals surface area contributed by atoms with Crippen LogP contribution < -0.4 is 10.1 Å². The Morgan fingerprint density at radius 1 is 1.38 bits per heavy atom. The summed E-state index contributed by atoms with van der Waals surface area (Å²) in [5, 5.41) is 12.0. The van der Waals surface area contributed by atoms with E-state index in [1.807, 2.05) is 13.8 Å². The highest BCUT2D eigenvalue weighted by molar-refractivity contribution is 5.66. The number of carboxylic acids is 1. The molecule has 0 aliphatic rings. The minimum Gasteiger partial charge on any atom is -0.481 e. The fraction of sp³-hybridized carbons (Fsp3) is 0.667. The van der Waals surface area contributed by atoms with Crippen LogP contribution in [0.2, 0.25) is 0 Å². The van der Waals surface area contributed by atoms with Gasteiger partial charge in [0, 0.05) is 13.0 Å². The third-order valence-corrected chi connectivity index (χ3v) is 3.51. The molecule has 1 aromatic heterocycles. The van der Waals surface area contributed by atoms with Gasteiger partial charge in [0.25, 0.3) is 0 Å². The Labute approximate surface area is 126 Å². The van der Waals surface area contributed by atoms with Crippen LogP contribution in [0.3, 0.4) is 0 Å². The van der Waals surface area contributed by atoms with E-state index in [1.54, 1.807) is 0 Å². The van der Waals surface area contributed by atoms with Gasteiger partial charge in [-0.05, 0) is 32.6 Å². The van der Waals surface area contributed by atoms with Crippen molar-refractivity contribution in [2.75, 3.05) is 18.5 Å². The summed E-state index contributed by atoms with van der Waals surface area (Å²) >= 11 is 0. The normalized spacial score (nSPS) is 12.0. The molecule has 1 heterocycles. The Balaban J connectivity index is 2.47. The SMILES string of the molecule is CCOc1ncnc(NCCC(CC)CCC(=O)O)c1C. The highest BCUT2D eigenvalue weighted by Gasteiger charge is 2.11. The molecular formula is C15H25N3O3. The summed E-state index contributed by atoms with van der Waals surface area (Å²) in [4.78, 5) is 18.9. The third-order valence-electron chi connectivity index (χ3n) is 3.51. The van der Waals surface area contributed by atoms with Gasteiger partial charge in [-0.15, -0.1) is 0 Å². The van der Waals surface area contributed by atoms with Gasteiger partial charge < -0.3 is 15.2 Å². The van der Waals surface area contributed by atoms with E-state index in [-0.39, 0.29) is 6.42 Å². The Hall–Kier alpha value is -1.85. The van der Waals surface area contributed by atoms with Crippen LogP contribution in [0.1, 0.15) is 45.1 Å². The number of nitrogens with zero attached hydrogens (tertiary/aromatic N) is 2. The molecule has 21 heavy (non-hydrogen) atoms. The van der Waals surface area contributed by atoms with Crippen LogP contribution in [0.25, 0.3) is 0 Å². The largest absolute Gasteiger partial charge is 0.481 e. The highest BCUT2D eigenvalue weighted by atomic mass is 16.5. The second kappa shape index (κ2) is 9.15. The molecule has 0 fully saturated rings. The maximum absolute atomic E-state index is 10.6. The zero-order valence-corrected chi connectivity index (χ0v) is 13.1. The number of ether oxygens (including phenoxy) is 1. The molecule has 0 aliphatic carbocycles. The first-order valence-corrected chi connectivity index (χ1v) is 7.48. The van der Waals surface area contributed by atoms with Crippen molar-refractivity contribution >= 4 is 11.8 Å². The summed E-state index contributed by atoms with van der Waals surface area (Å²) in [6.45, 7) is 7.28. The smallest absolute Gasteiger partial charge is 0.303 e. The standard InChI is InChI=1S/C15H25N3O3/c1-4-12(6-7-13(19)20)8-9-16-14-11(3)15(21-5-2)18-10-17-14/h10,12H,4-9H2,1-3H3,(H,19,20)(H,16,17,18). The number of rotatable bonds is 10. The van der Waals surface area contributed by atoms with Crippen LogP contribution in [0, 0.1) is 12.8 Å². The van der Waals surface area contributed by atoms with E-state index >= 15 is 0 Å². The summed E-state index contributed by atoms with van der Waals surface area (Å²) in [6.07, 6.45) is 4.36. The fourth-order valence-corrected chi connectivity index (χ4v) is 2.17. The minimum atomic E-state index is -0.727. The molecule has 6 heteroatoms. The van der Waals surface area contributed by atoms with Gasteiger partial charge in [-0.25, -0.2) is 9.97 Å². The predicted octanol–water partition coefficient (Wildman–Crippen LogP) is 2.88. The van der Waals surface area contributed by atoms with Crippen molar-refractivity contribution in [3.05, 3.63) is 11.9 Å². The number of aromatic nitrogens is 2. The Morgan fingerprint density at radius 3 is 2.76 bits per heavy atom.